The Morgan fingerprint density at radius 3 is 1.78 bits per heavy atom. The van der Waals surface area contributed by atoms with Crippen LogP contribution in [0.4, 0.5) is 4.79 Å². The molecular weight excluding hydrogens is 1350 g/mol. The number of phenols is 6. The van der Waals surface area contributed by atoms with Gasteiger partial charge in [0.1, 0.15) is 88.2 Å². The van der Waals surface area contributed by atoms with E-state index in [1.165, 1.54) is 72.8 Å². The molecule has 14 N–H and O–H groups in total. The fourth-order valence-electron chi connectivity index (χ4n) is 11.6. The molecule has 0 aliphatic carbocycles. The van der Waals surface area contributed by atoms with Gasteiger partial charge in [-0.15, -0.1) is 0 Å². The summed E-state index contributed by atoms with van der Waals surface area (Å²) in [5.74, 6) is -17.0. The van der Waals surface area contributed by atoms with Gasteiger partial charge in [-0.25, -0.2) is 14.4 Å². The first kappa shape index (κ1) is 67.7. The van der Waals surface area contributed by atoms with E-state index in [-0.39, 0.29) is 72.0 Å². The number of nitrogens with one attached hydrogen (secondary N) is 7. The minimum Gasteiger partial charge on any atom is -0.508 e. The van der Waals surface area contributed by atoms with Crippen LogP contribution in [-0.2, 0) is 49.5 Å². The van der Waals surface area contributed by atoms with E-state index in [0.717, 1.165) is 66.7 Å². The molecule has 0 saturated carbocycles. The minimum absolute atomic E-state index is 0.0160. The molecule has 7 amide bonds. The second-order valence-electron chi connectivity index (χ2n) is 24.4. The summed E-state index contributed by atoms with van der Waals surface area (Å²) < 4.78 is 29.4. The molecule has 30 heteroatoms. The van der Waals surface area contributed by atoms with Gasteiger partial charge in [0.2, 0.25) is 41.2 Å². The Hall–Kier alpha value is -12.3. The number of aliphatic hydroxyl groups excluding tert-OH is 1. The van der Waals surface area contributed by atoms with Gasteiger partial charge in [-0.1, -0.05) is 65.7 Å². The monoisotopic (exact) mass is 1400 g/mol. The van der Waals surface area contributed by atoms with Gasteiger partial charge in [-0.05, 0) is 145 Å². The van der Waals surface area contributed by atoms with Gasteiger partial charge in [-0.3, -0.25) is 28.8 Å². The highest BCUT2D eigenvalue weighted by atomic mass is 35.5. The molecule has 0 radical (unpaired) electrons. The Balaban J connectivity index is 1.05. The van der Waals surface area contributed by atoms with Crippen molar-refractivity contribution in [3.05, 3.63) is 200 Å². The number of halogens is 2. The molecule has 17 bridgehead atoms. The van der Waals surface area contributed by atoms with Crippen molar-refractivity contribution in [1.82, 2.24) is 37.2 Å². The van der Waals surface area contributed by atoms with Crippen LogP contribution in [0, 0.1) is 0 Å². The average molecular weight is 1400 g/mol. The topological polar surface area (TPSA) is 426 Å². The number of phenolic OH excluding ortho intramolecular Hbond substituents is 6. The third-order valence-corrected chi connectivity index (χ3v) is 16.8. The van der Waals surface area contributed by atoms with Crippen LogP contribution in [0.25, 0.3) is 11.1 Å². The Kier molecular flexibility index (Phi) is 18.3. The van der Waals surface area contributed by atoms with Gasteiger partial charge in [-0.2, -0.15) is 0 Å². The molecule has 0 unspecified atom stereocenters. The number of esters is 2. The largest absolute Gasteiger partial charge is 0.508 e. The molecular formula is C70H57Cl2N7O21. The summed E-state index contributed by atoms with van der Waals surface area (Å²) in [6, 6.07) is 14.0. The standard InChI is InChI=1S/C70H57Cl2N7O21/c1-70(2,3)100-69(95)79-54-32-11-14-45(83)49(23-32)96-38-20-34(19-36(80)26-38)55-64(90)76-56-35-24-50(97-47-15-9-29(17-41(47)71)18-43(61(87)74-55)73-62(54)88)60(86)51(25-35)98-48-16-12-33(22-42(48)72)59(85)58-66(92)77-57(68(94)99-67(93)30-7-5-4-6-8-30)40-27-37(81)28-46(84)52(40)39-21-31(10-13-44(39)82)53(63(89)78-58)75-65(56)91/h4-17,19-28,43,53-59,80-86H,18H2,1-3H3,(H,73,88)(H,74,87)(H,75,91)(H,76,90)(H,77,92)(H,78,89)(H,79,95)/t43-,53-,54-,55+,56-,57-,58+,59-/m1/s1. The SMILES string of the molecule is CC(C)(C)OC(=O)N[C@H]1C(=O)N[C@@H]2Cc3ccc(c(Cl)c3)Oc3cc4cc(c3O)Oc3ccc(cc3Cl)[C@@H](O)[C@@H]3NC(=O)[C@H](NC(=O)[C@@H]4NC(=O)[C@@H](NC2=O)c2cc(O)cc(c2)Oc2cc1ccc2O)c1ccc(O)c(c1)-c1c(O)cc(O)cc1[C@H](C(=O)OC(=O)c1ccccc1)NC3=O. The summed E-state index contributed by atoms with van der Waals surface area (Å²) in [6.45, 7) is 4.71. The van der Waals surface area contributed by atoms with Crippen molar-refractivity contribution in [3.8, 4) is 80.1 Å². The number of alkyl carbamates (subject to hydrolysis) is 1. The van der Waals surface area contributed by atoms with Crippen LogP contribution in [0.2, 0.25) is 10.0 Å². The van der Waals surface area contributed by atoms with Crippen LogP contribution in [0.15, 0.2) is 146 Å². The quantitative estimate of drug-likeness (QED) is 0.0591. The van der Waals surface area contributed by atoms with Crippen LogP contribution < -0.4 is 51.4 Å². The van der Waals surface area contributed by atoms with E-state index >= 15 is 24.0 Å². The zero-order chi connectivity index (χ0) is 71.3. The molecule has 14 rings (SSSR count). The lowest BCUT2D eigenvalue weighted by Crippen LogP contribution is -2.55. The molecule has 6 aliphatic heterocycles. The van der Waals surface area contributed by atoms with Crippen molar-refractivity contribution in [2.75, 3.05) is 0 Å². The van der Waals surface area contributed by atoms with E-state index in [0.29, 0.717) is 0 Å². The molecule has 0 fully saturated rings. The van der Waals surface area contributed by atoms with Crippen LogP contribution >= 0.6 is 23.2 Å². The first-order valence-electron chi connectivity index (χ1n) is 30.4. The number of ether oxygens (including phenoxy) is 5. The molecule has 0 saturated heterocycles. The van der Waals surface area contributed by atoms with E-state index < -0.39 is 177 Å². The Morgan fingerprint density at radius 1 is 0.520 bits per heavy atom. The van der Waals surface area contributed by atoms with E-state index in [9.17, 15) is 54.9 Å². The molecule has 0 spiro atoms. The van der Waals surface area contributed by atoms with Crippen LogP contribution in [-0.4, -0.2) is 107 Å². The lowest BCUT2D eigenvalue weighted by Gasteiger charge is -2.31. The number of fused-ring (bicyclic) bond motifs is 14. The molecule has 512 valence electrons. The summed E-state index contributed by atoms with van der Waals surface area (Å²) >= 11 is 13.9. The van der Waals surface area contributed by atoms with Crippen LogP contribution in [0.3, 0.4) is 0 Å². The third kappa shape index (κ3) is 14.1. The first-order chi connectivity index (χ1) is 47.5. The van der Waals surface area contributed by atoms with E-state index in [1.54, 1.807) is 26.8 Å². The number of rotatable bonds is 3. The van der Waals surface area contributed by atoms with Gasteiger partial charge in [0.05, 0.1) is 15.6 Å². The van der Waals surface area contributed by atoms with Crippen molar-refractivity contribution in [2.24, 2.45) is 0 Å². The fourth-order valence-corrected chi connectivity index (χ4v) is 12.0. The molecule has 6 heterocycles. The number of amides is 7. The Morgan fingerprint density at radius 2 is 1.11 bits per heavy atom. The highest BCUT2D eigenvalue weighted by Crippen LogP contribution is 2.48. The van der Waals surface area contributed by atoms with Crippen molar-refractivity contribution in [2.45, 2.75) is 81.2 Å². The maximum absolute atomic E-state index is 16.0. The fraction of sp³-hybridized carbons (Fsp3) is 0.186. The molecule has 100 heavy (non-hydrogen) atoms. The number of carbonyl (C=O) groups excluding carboxylic acids is 9. The van der Waals surface area contributed by atoms with Gasteiger partial charge in [0, 0.05) is 35.2 Å². The lowest BCUT2D eigenvalue weighted by atomic mass is 9.89. The van der Waals surface area contributed by atoms with Gasteiger partial charge < -0.3 is 96.6 Å². The van der Waals surface area contributed by atoms with E-state index in [2.05, 4.69) is 37.2 Å². The minimum atomic E-state index is -2.28. The first-order valence-corrected chi connectivity index (χ1v) is 31.1. The van der Waals surface area contributed by atoms with Crippen LogP contribution in [0.5, 0.6) is 69.0 Å². The maximum Gasteiger partial charge on any atom is 0.408 e. The highest BCUT2D eigenvalue weighted by Gasteiger charge is 2.42. The summed E-state index contributed by atoms with van der Waals surface area (Å²) in [4.78, 5) is 134. The number of benzene rings is 8. The number of hydrogen-bond donors (Lipinski definition) is 14. The number of aliphatic hydroxyl groups is 1. The van der Waals surface area contributed by atoms with Crippen molar-refractivity contribution in [1.29, 1.82) is 0 Å². The third-order valence-electron chi connectivity index (χ3n) is 16.3. The second kappa shape index (κ2) is 27.0. The van der Waals surface area contributed by atoms with E-state index in [1.807, 2.05) is 0 Å². The molecule has 8 aromatic carbocycles. The summed E-state index contributed by atoms with van der Waals surface area (Å²) in [5, 5.41) is 99.0. The second-order valence-corrected chi connectivity index (χ2v) is 25.3. The zero-order valence-electron chi connectivity index (χ0n) is 52.3. The lowest BCUT2D eigenvalue weighted by molar-refractivity contribution is -0.144. The summed E-state index contributed by atoms with van der Waals surface area (Å²) in [6.07, 6.45) is -3.74. The average Bonchev–Trinajstić information content (AvgIpc) is 0.704. The summed E-state index contributed by atoms with van der Waals surface area (Å²) in [5.41, 5.74) is -3.75. The predicted octanol–water partition coefficient (Wildman–Crippen LogP) is 7.85. The summed E-state index contributed by atoms with van der Waals surface area (Å²) in [7, 11) is 0. The Labute approximate surface area is 575 Å². The van der Waals surface area contributed by atoms with Gasteiger partial charge in [0.25, 0.3) is 0 Å². The smallest absolute Gasteiger partial charge is 0.408 e. The normalized spacial score (nSPS) is 20.5. The highest BCUT2D eigenvalue weighted by molar-refractivity contribution is 6.32. The predicted molar refractivity (Wildman–Crippen MR) is 349 cm³/mol. The maximum atomic E-state index is 16.0. The van der Waals surface area contributed by atoms with E-state index in [4.69, 9.17) is 46.9 Å². The number of aromatic hydroxyl groups is 6. The number of hydrogen-bond acceptors (Lipinski definition) is 21. The molecule has 8 atom stereocenters. The molecule has 0 aromatic heterocycles. The molecule has 6 aliphatic rings. The van der Waals surface area contributed by atoms with Gasteiger partial charge >= 0.3 is 18.0 Å². The van der Waals surface area contributed by atoms with Gasteiger partial charge in [0.15, 0.2) is 29.0 Å². The van der Waals surface area contributed by atoms with Crippen molar-refractivity contribution < 1.29 is 103 Å². The molecule has 28 nitrogen and oxygen atoms in total. The van der Waals surface area contributed by atoms with Crippen molar-refractivity contribution >= 4 is 76.7 Å². The van der Waals surface area contributed by atoms with Crippen molar-refractivity contribution in [3.63, 3.8) is 0 Å². The molecule has 8 aromatic rings. The Bertz CT molecular complexity index is 4760. The van der Waals surface area contributed by atoms with Crippen LogP contribution in [0.1, 0.15) is 106 Å². The number of carbonyl (C=O) groups is 9. The zero-order valence-corrected chi connectivity index (χ0v) is 53.8.